The molecule has 4 heteroatoms. The van der Waals surface area contributed by atoms with Crippen molar-refractivity contribution in [1.29, 1.82) is 0 Å². The number of nitrogens with one attached hydrogen (secondary N) is 1. The van der Waals surface area contributed by atoms with Crippen LogP contribution in [0.15, 0.2) is 0 Å². The van der Waals surface area contributed by atoms with Crippen molar-refractivity contribution in [2.24, 2.45) is 5.92 Å². The average Bonchev–Trinajstić information content (AvgIpc) is 2.34. The van der Waals surface area contributed by atoms with Crippen molar-refractivity contribution in [2.75, 3.05) is 27.2 Å². The number of hydrogen-bond donors (Lipinski definition) is 1. The van der Waals surface area contributed by atoms with Gasteiger partial charge in [0.25, 0.3) is 0 Å². The number of carbonyl (C=O) groups excluding carboxylic acids is 1. The Labute approximate surface area is 73.5 Å². The second kappa shape index (κ2) is 4.57. The van der Waals surface area contributed by atoms with E-state index in [-0.39, 0.29) is 24.2 Å². The SMILES string of the molecule is CNC(=O)C1CCN(C)C1.Cl. The molecule has 1 heterocycles. The van der Waals surface area contributed by atoms with Gasteiger partial charge < -0.3 is 10.2 Å². The average molecular weight is 179 g/mol. The van der Waals surface area contributed by atoms with Gasteiger partial charge in [0, 0.05) is 13.6 Å². The van der Waals surface area contributed by atoms with Gasteiger partial charge in [-0.05, 0) is 20.0 Å². The minimum atomic E-state index is 0. The summed E-state index contributed by atoms with van der Waals surface area (Å²) in [4.78, 5) is 13.2. The summed E-state index contributed by atoms with van der Waals surface area (Å²) in [5.41, 5.74) is 0. The van der Waals surface area contributed by atoms with Crippen molar-refractivity contribution < 1.29 is 4.79 Å². The highest BCUT2D eigenvalue weighted by molar-refractivity contribution is 5.85. The molecule has 11 heavy (non-hydrogen) atoms. The van der Waals surface area contributed by atoms with Gasteiger partial charge in [0.05, 0.1) is 5.92 Å². The highest BCUT2D eigenvalue weighted by Crippen LogP contribution is 2.13. The van der Waals surface area contributed by atoms with Crippen LogP contribution in [0.25, 0.3) is 0 Å². The van der Waals surface area contributed by atoms with Crippen LogP contribution >= 0.6 is 12.4 Å². The molecule has 1 aliphatic heterocycles. The first-order valence-corrected chi connectivity index (χ1v) is 3.64. The summed E-state index contributed by atoms with van der Waals surface area (Å²) in [6.45, 7) is 1.97. The maximum atomic E-state index is 11.0. The molecule has 1 N–H and O–H groups in total. The summed E-state index contributed by atoms with van der Waals surface area (Å²) in [5, 5.41) is 2.66. The number of halogens is 1. The Balaban J connectivity index is 0.000001000. The third kappa shape index (κ3) is 2.67. The van der Waals surface area contributed by atoms with Crippen molar-refractivity contribution in [3.63, 3.8) is 0 Å². The first-order valence-electron chi connectivity index (χ1n) is 3.64. The van der Waals surface area contributed by atoms with Gasteiger partial charge in [0.1, 0.15) is 0 Å². The van der Waals surface area contributed by atoms with Crippen LogP contribution in [0, 0.1) is 5.92 Å². The monoisotopic (exact) mass is 178 g/mol. The zero-order valence-electron chi connectivity index (χ0n) is 6.96. The second-order valence-corrected chi connectivity index (χ2v) is 2.86. The molecule has 1 atom stereocenters. The fourth-order valence-electron chi connectivity index (χ4n) is 1.35. The fraction of sp³-hybridized carbons (Fsp3) is 0.857. The van der Waals surface area contributed by atoms with E-state index in [0.717, 1.165) is 19.5 Å². The topological polar surface area (TPSA) is 32.3 Å². The maximum Gasteiger partial charge on any atom is 0.224 e. The molecule has 0 saturated carbocycles. The predicted molar refractivity (Wildman–Crippen MR) is 46.9 cm³/mol. The number of rotatable bonds is 1. The smallest absolute Gasteiger partial charge is 0.224 e. The number of carbonyl (C=O) groups is 1. The van der Waals surface area contributed by atoms with E-state index in [4.69, 9.17) is 0 Å². The Morgan fingerprint density at radius 1 is 1.64 bits per heavy atom. The first-order chi connectivity index (χ1) is 4.74. The van der Waals surface area contributed by atoms with E-state index in [0.29, 0.717) is 0 Å². The quantitative estimate of drug-likeness (QED) is 0.618. The molecule has 66 valence electrons. The lowest BCUT2D eigenvalue weighted by molar-refractivity contribution is -0.124. The summed E-state index contributed by atoms with van der Waals surface area (Å²) in [6.07, 6.45) is 1.01. The summed E-state index contributed by atoms with van der Waals surface area (Å²) in [5.74, 6) is 0.416. The molecular formula is C7H15ClN2O. The second-order valence-electron chi connectivity index (χ2n) is 2.86. The van der Waals surface area contributed by atoms with Crippen LogP contribution in [0.1, 0.15) is 6.42 Å². The van der Waals surface area contributed by atoms with Crippen molar-refractivity contribution in [3.8, 4) is 0 Å². The summed E-state index contributed by atoms with van der Waals surface area (Å²) < 4.78 is 0. The Morgan fingerprint density at radius 3 is 2.64 bits per heavy atom. The lowest BCUT2D eigenvalue weighted by Gasteiger charge is -2.07. The third-order valence-electron chi connectivity index (χ3n) is 2.01. The van der Waals surface area contributed by atoms with Gasteiger partial charge in [0.2, 0.25) is 5.91 Å². The summed E-state index contributed by atoms with van der Waals surface area (Å²) in [6, 6.07) is 0. The molecule has 0 aromatic heterocycles. The highest BCUT2D eigenvalue weighted by atomic mass is 35.5. The van der Waals surface area contributed by atoms with Crippen LogP contribution in [-0.2, 0) is 4.79 Å². The van der Waals surface area contributed by atoms with Gasteiger partial charge >= 0.3 is 0 Å². The van der Waals surface area contributed by atoms with Crippen molar-refractivity contribution in [3.05, 3.63) is 0 Å². The van der Waals surface area contributed by atoms with E-state index in [1.165, 1.54) is 0 Å². The van der Waals surface area contributed by atoms with Gasteiger partial charge in [-0.3, -0.25) is 4.79 Å². The molecule has 1 unspecified atom stereocenters. The van der Waals surface area contributed by atoms with Gasteiger partial charge in [0.15, 0.2) is 0 Å². The third-order valence-corrected chi connectivity index (χ3v) is 2.01. The van der Waals surface area contributed by atoms with Crippen LogP contribution in [0.2, 0.25) is 0 Å². The molecule has 0 aromatic carbocycles. The number of nitrogens with zero attached hydrogens (tertiary/aromatic N) is 1. The fourth-order valence-corrected chi connectivity index (χ4v) is 1.35. The highest BCUT2D eigenvalue weighted by Gasteiger charge is 2.24. The molecule has 1 amide bonds. The number of amides is 1. The molecule has 1 aliphatic rings. The van der Waals surface area contributed by atoms with Crippen LogP contribution < -0.4 is 5.32 Å². The Morgan fingerprint density at radius 2 is 2.27 bits per heavy atom. The number of hydrogen-bond acceptors (Lipinski definition) is 2. The van der Waals surface area contributed by atoms with Crippen LogP contribution in [0.5, 0.6) is 0 Å². The van der Waals surface area contributed by atoms with E-state index in [1.807, 2.05) is 7.05 Å². The molecule has 0 radical (unpaired) electrons. The van der Waals surface area contributed by atoms with Gasteiger partial charge in [-0.15, -0.1) is 12.4 Å². The van der Waals surface area contributed by atoms with Gasteiger partial charge in [-0.25, -0.2) is 0 Å². The number of likely N-dealkylation sites (tertiary alicyclic amines) is 1. The molecule has 0 aromatic rings. The maximum absolute atomic E-state index is 11.0. The summed E-state index contributed by atoms with van der Waals surface area (Å²) in [7, 11) is 3.74. The van der Waals surface area contributed by atoms with Crippen molar-refractivity contribution in [1.82, 2.24) is 10.2 Å². The lowest BCUT2D eigenvalue weighted by Crippen LogP contribution is -2.29. The van der Waals surface area contributed by atoms with E-state index in [2.05, 4.69) is 10.2 Å². The lowest BCUT2D eigenvalue weighted by atomic mass is 10.1. The van der Waals surface area contributed by atoms with Crippen molar-refractivity contribution >= 4 is 18.3 Å². The Hall–Kier alpha value is -0.280. The predicted octanol–water partition coefficient (Wildman–Crippen LogP) is 0.106. The van der Waals surface area contributed by atoms with E-state index >= 15 is 0 Å². The Bertz CT molecular complexity index is 140. The molecule has 0 bridgehead atoms. The van der Waals surface area contributed by atoms with E-state index < -0.39 is 0 Å². The van der Waals surface area contributed by atoms with E-state index in [1.54, 1.807) is 7.05 Å². The van der Waals surface area contributed by atoms with Gasteiger partial charge in [-0.2, -0.15) is 0 Å². The van der Waals surface area contributed by atoms with Crippen molar-refractivity contribution in [2.45, 2.75) is 6.42 Å². The molecule has 3 nitrogen and oxygen atoms in total. The minimum absolute atomic E-state index is 0. The van der Waals surface area contributed by atoms with Crippen LogP contribution in [0.4, 0.5) is 0 Å². The standard InChI is InChI=1S/C7H14N2O.ClH/c1-8-7(10)6-3-4-9(2)5-6;/h6H,3-5H2,1-2H3,(H,8,10);1H. The molecule has 1 fully saturated rings. The first kappa shape index (κ1) is 10.7. The molecular weight excluding hydrogens is 164 g/mol. The van der Waals surface area contributed by atoms with Crippen LogP contribution in [0.3, 0.4) is 0 Å². The normalized spacial score (nSPS) is 24.4. The van der Waals surface area contributed by atoms with Gasteiger partial charge in [-0.1, -0.05) is 0 Å². The minimum Gasteiger partial charge on any atom is -0.359 e. The molecule has 0 spiro atoms. The van der Waals surface area contributed by atoms with E-state index in [9.17, 15) is 4.79 Å². The van der Waals surface area contributed by atoms with Crippen LogP contribution in [-0.4, -0.2) is 38.0 Å². The molecule has 1 saturated heterocycles. The Kier molecular flexibility index (Phi) is 4.45. The largest absolute Gasteiger partial charge is 0.359 e. The summed E-state index contributed by atoms with van der Waals surface area (Å²) >= 11 is 0. The molecule has 1 rings (SSSR count). The molecule has 0 aliphatic carbocycles. The zero-order chi connectivity index (χ0) is 7.56. The zero-order valence-corrected chi connectivity index (χ0v) is 7.78.